The van der Waals surface area contributed by atoms with E-state index in [4.69, 9.17) is 5.11 Å². The van der Waals surface area contributed by atoms with Gasteiger partial charge in [-0.3, -0.25) is 4.79 Å². The Morgan fingerprint density at radius 1 is 1.65 bits per heavy atom. The first-order valence-corrected chi connectivity index (χ1v) is 5.77. The molecule has 0 spiro atoms. The zero-order valence-corrected chi connectivity index (χ0v) is 9.85. The molecule has 0 saturated carbocycles. The SMILES string of the molecule is Cc1cn(Cc2ncon2)c(SCC(=O)O)n1. The first-order valence-electron chi connectivity index (χ1n) is 4.79. The standard InChI is InChI=1S/C9H10N4O3S/c1-6-2-13(3-7-10-5-16-12-7)9(11-6)17-4-8(14)15/h2,5H,3-4H2,1H3,(H,14,15). The summed E-state index contributed by atoms with van der Waals surface area (Å²) in [5.74, 6) is -0.371. The van der Waals surface area contributed by atoms with Gasteiger partial charge in [0, 0.05) is 6.20 Å². The van der Waals surface area contributed by atoms with Gasteiger partial charge in [0.25, 0.3) is 0 Å². The Balaban J connectivity index is 2.12. The predicted molar refractivity (Wildman–Crippen MR) is 58.7 cm³/mol. The minimum Gasteiger partial charge on any atom is -0.481 e. The zero-order valence-electron chi connectivity index (χ0n) is 9.03. The molecule has 2 rings (SSSR count). The van der Waals surface area contributed by atoms with Crippen LogP contribution < -0.4 is 0 Å². The van der Waals surface area contributed by atoms with Crippen LogP contribution in [0.25, 0.3) is 0 Å². The minimum absolute atomic E-state index is 0.0251. The van der Waals surface area contributed by atoms with Crippen LogP contribution in [0.5, 0.6) is 0 Å². The molecule has 0 radical (unpaired) electrons. The summed E-state index contributed by atoms with van der Waals surface area (Å²) in [6.45, 7) is 2.26. The number of rotatable bonds is 5. The van der Waals surface area contributed by atoms with Gasteiger partial charge in [-0.05, 0) is 6.92 Å². The van der Waals surface area contributed by atoms with Crippen molar-refractivity contribution in [2.45, 2.75) is 18.6 Å². The van der Waals surface area contributed by atoms with Crippen molar-refractivity contribution < 1.29 is 14.4 Å². The van der Waals surface area contributed by atoms with Crippen molar-refractivity contribution in [1.82, 2.24) is 19.7 Å². The van der Waals surface area contributed by atoms with Crippen LogP contribution in [0.1, 0.15) is 11.5 Å². The molecule has 0 aromatic carbocycles. The Morgan fingerprint density at radius 3 is 3.12 bits per heavy atom. The highest BCUT2D eigenvalue weighted by Gasteiger charge is 2.10. The van der Waals surface area contributed by atoms with E-state index in [9.17, 15) is 4.79 Å². The van der Waals surface area contributed by atoms with Crippen LogP contribution in [-0.4, -0.2) is 36.5 Å². The lowest BCUT2D eigenvalue weighted by molar-refractivity contribution is -0.133. The molecule has 2 aromatic heterocycles. The Labute approximate surface area is 101 Å². The van der Waals surface area contributed by atoms with Crippen LogP contribution >= 0.6 is 11.8 Å². The molecular formula is C9H10N4O3S. The van der Waals surface area contributed by atoms with E-state index >= 15 is 0 Å². The average molecular weight is 254 g/mol. The largest absolute Gasteiger partial charge is 0.481 e. The van der Waals surface area contributed by atoms with Gasteiger partial charge < -0.3 is 14.2 Å². The Morgan fingerprint density at radius 2 is 2.47 bits per heavy atom. The number of imidazole rings is 1. The smallest absolute Gasteiger partial charge is 0.313 e. The average Bonchev–Trinajstić information content (AvgIpc) is 2.86. The molecule has 0 unspecified atom stereocenters. The van der Waals surface area contributed by atoms with E-state index in [0.717, 1.165) is 17.5 Å². The molecule has 0 bridgehead atoms. The van der Waals surface area contributed by atoms with Crippen molar-refractivity contribution in [1.29, 1.82) is 0 Å². The fraction of sp³-hybridized carbons (Fsp3) is 0.333. The topological polar surface area (TPSA) is 94.0 Å². The Kier molecular flexibility index (Phi) is 3.43. The zero-order chi connectivity index (χ0) is 12.3. The molecule has 0 aliphatic heterocycles. The van der Waals surface area contributed by atoms with Gasteiger partial charge >= 0.3 is 5.97 Å². The van der Waals surface area contributed by atoms with Crippen LogP contribution in [0.15, 0.2) is 22.3 Å². The maximum absolute atomic E-state index is 10.5. The van der Waals surface area contributed by atoms with Crippen molar-refractivity contribution >= 4 is 17.7 Å². The van der Waals surface area contributed by atoms with Gasteiger partial charge in [-0.1, -0.05) is 16.9 Å². The number of carbonyl (C=O) groups is 1. The summed E-state index contributed by atoms with van der Waals surface area (Å²) in [7, 11) is 0. The maximum Gasteiger partial charge on any atom is 0.313 e. The van der Waals surface area contributed by atoms with Crippen LogP contribution in [0.4, 0.5) is 0 Å². The lowest BCUT2D eigenvalue weighted by Gasteiger charge is -2.02. The number of aliphatic carboxylic acids is 1. The van der Waals surface area contributed by atoms with E-state index in [1.165, 1.54) is 6.39 Å². The van der Waals surface area contributed by atoms with E-state index in [-0.39, 0.29) is 5.75 Å². The third kappa shape index (κ3) is 3.06. The first-order chi connectivity index (χ1) is 8.15. The summed E-state index contributed by atoms with van der Waals surface area (Å²) in [6, 6.07) is 0. The van der Waals surface area contributed by atoms with Gasteiger partial charge in [0.2, 0.25) is 6.39 Å². The lowest BCUT2D eigenvalue weighted by Crippen LogP contribution is -2.04. The quantitative estimate of drug-likeness (QED) is 0.788. The van der Waals surface area contributed by atoms with Crippen molar-refractivity contribution in [3.05, 3.63) is 24.1 Å². The van der Waals surface area contributed by atoms with Gasteiger partial charge in [-0.15, -0.1) is 0 Å². The fourth-order valence-electron chi connectivity index (χ4n) is 1.29. The molecule has 0 aliphatic rings. The second-order valence-corrected chi connectivity index (χ2v) is 4.27. The molecule has 0 fully saturated rings. The summed E-state index contributed by atoms with van der Waals surface area (Å²) in [5.41, 5.74) is 0.821. The van der Waals surface area contributed by atoms with Crippen molar-refractivity contribution in [3.8, 4) is 0 Å². The fourth-order valence-corrected chi connectivity index (χ4v) is 2.04. The van der Waals surface area contributed by atoms with Gasteiger partial charge in [-0.2, -0.15) is 4.98 Å². The van der Waals surface area contributed by atoms with Gasteiger partial charge in [0.1, 0.15) is 0 Å². The predicted octanol–water partition coefficient (Wildman–Crippen LogP) is 0.800. The van der Waals surface area contributed by atoms with Crippen molar-refractivity contribution in [2.24, 2.45) is 0 Å². The molecule has 0 atom stereocenters. The van der Waals surface area contributed by atoms with E-state index < -0.39 is 5.97 Å². The van der Waals surface area contributed by atoms with Gasteiger partial charge in [0.05, 0.1) is 18.0 Å². The summed E-state index contributed by atoms with van der Waals surface area (Å²) in [5, 5.41) is 13.0. The van der Waals surface area contributed by atoms with Crippen LogP contribution in [-0.2, 0) is 11.3 Å². The van der Waals surface area contributed by atoms with E-state index in [2.05, 4.69) is 19.6 Å². The molecule has 90 valence electrons. The molecule has 2 aromatic rings. The van der Waals surface area contributed by atoms with Crippen molar-refractivity contribution in [3.63, 3.8) is 0 Å². The molecule has 2 heterocycles. The summed E-state index contributed by atoms with van der Waals surface area (Å²) in [6.07, 6.45) is 3.07. The van der Waals surface area contributed by atoms with Crippen LogP contribution in [0, 0.1) is 6.92 Å². The van der Waals surface area contributed by atoms with E-state index in [0.29, 0.717) is 17.5 Å². The monoisotopic (exact) mass is 254 g/mol. The molecule has 0 aliphatic carbocycles. The van der Waals surface area contributed by atoms with Crippen LogP contribution in [0.2, 0.25) is 0 Å². The molecule has 1 N–H and O–H groups in total. The summed E-state index contributed by atoms with van der Waals surface area (Å²) >= 11 is 1.16. The van der Waals surface area contributed by atoms with E-state index in [1.807, 2.05) is 13.1 Å². The summed E-state index contributed by atoms with van der Waals surface area (Å²) in [4.78, 5) is 18.7. The molecule has 7 nitrogen and oxygen atoms in total. The van der Waals surface area contributed by atoms with Crippen molar-refractivity contribution in [2.75, 3.05) is 5.75 Å². The highest BCUT2D eigenvalue weighted by Crippen LogP contribution is 2.18. The van der Waals surface area contributed by atoms with Crippen LogP contribution in [0.3, 0.4) is 0 Å². The second kappa shape index (κ2) is 5.00. The minimum atomic E-state index is -0.873. The molecule has 0 amide bonds. The number of hydrogen-bond acceptors (Lipinski definition) is 6. The molecule has 17 heavy (non-hydrogen) atoms. The van der Waals surface area contributed by atoms with Gasteiger partial charge in [0.15, 0.2) is 11.0 Å². The highest BCUT2D eigenvalue weighted by molar-refractivity contribution is 7.99. The maximum atomic E-state index is 10.5. The first kappa shape index (κ1) is 11.6. The molecule has 0 saturated heterocycles. The third-order valence-corrected chi connectivity index (χ3v) is 2.88. The molecular weight excluding hydrogens is 244 g/mol. The Bertz CT molecular complexity index is 508. The third-order valence-electron chi connectivity index (χ3n) is 1.90. The van der Waals surface area contributed by atoms with E-state index in [1.54, 1.807) is 4.57 Å². The number of carboxylic acids is 1. The Hall–Kier alpha value is -1.83. The number of thioether (sulfide) groups is 1. The number of aryl methyl sites for hydroxylation is 1. The second-order valence-electron chi connectivity index (χ2n) is 3.32. The molecule has 8 heteroatoms. The highest BCUT2D eigenvalue weighted by atomic mass is 32.2. The van der Waals surface area contributed by atoms with Gasteiger partial charge in [-0.25, -0.2) is 4.98 Å². The lowest BCUT2D eigenvalue weighted by atomic mass is 10.5. The normalized spacial score (nSPS) is 10.6. The summed E-state index contributed by atoms with van der Waals surface area (Å²) < 4.78 is 6.44. The number of aromatic nitrogens is 4. The number of carboxylic acid groups (broad SMARTS) is 1. The number of nitrogens with zero attached hydrogens (tertiary/aromatic N) is 4. The number of hydrogen-bond donors (Lipinski definition) is 1.